The molecule has 0 spiro atoms. The predicted molar refractivity (Wildman–Crippen MR) is 32.2 cm³/mol. The first-order chi connectivity index (χ1) is 3.80. The lowest BCUT2D eigenvalue weighted by molar-refractivity contribution is 0.432. The largest absolute Gasteiger partial charge is 0.212 e. The Hall–Kier alpha value is -0.330. The topological polar surface area (TPSA) is 0 Å². The van der Waals surface area contributed by atoms with Crippen molar-refractivity contribution in [2.45, 2.75) is 26.2 Å². The van der Waals surface area contributed by atoms with Crippen molar-refractivity contribution in [2.75, 3.05) is 0 Å². The highest BCUT2D eigenvalue weighted by Crippen LogP contribution is 2.24. The monoisotopic (exact) mass is 114 g/mol. The molecule has 0 aromatic carbocycles. The smallest absolute Gasteiger partial charge is 0.0987 e. The van der Waals surface area contributed by atoms with Crippen LogP contribution in [0.2, 0.25) is 0 Å². The highest BCUT2D eigenvalue weighted by atomic mass is 19.1. The van der Waals surface area contributed by atoms with Gasteiger partial charge in [0.2, 0.25) is 0 Å². The molecule has 0 N–H and O–H groups in total. The number of hydrogen-bond donors (Lipinski definition) is 0. The van der Waals surface area contributed by atoms with Gasteiger partial charge in [-0.1, -0.05) is 13.0 Å². The molecule has 1 rings (SSSR count). The van der Waals surface area contributed by atoms with Crippen LogP contribution >= 0.6 is 0 Å². The third-order valence-electron chi connectivity index (χ3n) is 1.65. The molecule has 1 aliphatic rings. The van der Waals surface area contributed by atoms with Gasteiger partial charge in [0, 0.05) is 5.92 Å². The molecule has 1 unspecified atom stereocenters. The zero-order chi connectivity index (χ0) is 5.98. The van der Waals surface area contributed by atoms with E-state index in [1.807, 2.05) is 6.92 Å². The molecule has 46 valence electrons. The Morgan fingerprint density at radius 2 is 2.50 bits per heavy atom. The first-order valence-corrected chi connectivity index (χ1v) is 3.16. The van der Waals surface area contributed by atoms with E-state index in [4.69, 9.17) is 0 Å². The van der Waals surface area contributed by atoms with E-state index in [0.29, 0.717) is 0 Å². The average Bonchev–Trinajstić information content (AvgIpc) is 1.77. The minimum atomic E-state index is 0.0938. The third kappa shape index (κ3) is 1.09. The summed E-state index contributed by atoms with van der Waals surface area (Å²) < 4.78 is 12.4. The number of allylic oxidation sites excluding steroid dienone is 2. The minimum absolute atomic E-state index is 0.0938. The van der Waals surface area contributed by atoms with Crippen LogP contribution in [0.1, 0.15) is 26.2 Å². The molecule has 0 heterocycles. The van der Waals surface area contributed by atoms with Crippen LogP contribution in [0.15, 0.2) is 11.9 Å². The van der Waals surface area contributed by atoms with Gasteiger partial charge in [0.1, 0.15) is 0 Å². The maximum atomic E-state index is 12.4. The molecule has 0 aromatic rings. The summed E-state index contributed by atoms with van der Waals surface area (Å²) in [5.74, 6) is 0.292. The first kappa shape index (κ1) is 5.80. The van der Waals surface area contributed by atoms with E-state index in [1.165, 1.54) is 0 Å². The molecule has 0 nitrogen and oxygen atoms in total. The third-order valence-corrected chi connectivity index (χ3v) is 1.65. The van der Waals surface area contributed by atoms with Gasteiger partial charge in [0.05, 0.1) is 5.83 Å². The van der Waals surface area contributed by atoms with E-state index in [2.05, 4.69) is 0 Å². The molecule has 1 aliphatic carbocycles. The maximum absolute atomic E-state index is 12.4. The molecule has 0 aliphatic heterocycles. The zero-order valence-corrected chi connectivity index (χ0v) is 5.15. The Bertz CT molecular complexity index is 105. The van der Waals surface area contributed by atoms with Crippen molar-refractivity contribution in [1.82, 2.24) is 0 Å². The molecule has 1 atom stereocenters. The highest BCUT2D eigenvalue weighted by molar-refractivity contribution is 4.99. The molecule has 0 saturated carbocycles. The van der Waals surface area contributed by atoms with Crippen molar-refractivity contribution < 1.29 is 4.39 Å². The summed E-state index contributed by atoms with van der Waals surface area (Å²) in [6.45, 7) is 1.94. The van der Waals surface area contributed by atoms with Gasteiger partial charge < -0.3 is 0 Å². The van der Waals surface area contributed by atoms with Crippen molar-refractivity contribution in [2.24, 2.45) is 5.92 Å². The Labute approximate surface area is 49.4 Å². The van der Waals surface area contributed by atoms with E-state index in [0.717, 1.165) is 19.3 Å². The Morgan fingerprint density at radius 1 is 1.75 bits per heavy atom. The van der Waals surface area contributed by atoms with Crippen molar-refractivity contribution >= 4 is 0 Å². The summed E-state index contributed by atoms with van der Waals surface area (Å²) in [5.41, 5.74) is 0. The fourth-order valence-corrected chi connectivity index (χ4v) is 1.00. The van der Waals surface area contributed by atoms with Gasteiger partial charge >= 0.3 is 0 Å². The minimum Gasteiger partial charge on any atom is -0.212 e. The van der Waals surface area contributed by atoms with Gasteiger partial charge in [-0.15, -0.1) is 0 Å². The summed E-state index contributed by atoms with van der Waals surface area (Å²) in [7, 11) is 0. The lowest BCUT2D eigenvalue weighted by Gasteiger charge is -2.12. The van der Waals surface area contributed by atoms with Crippen LogP contribution in [0.25, 0.3) is 0 Å². The molecular formula is C7H11F. The fourth-order valence-electron chi connectivity index (χ4n) is 1.00. The normalized spacial score (nSPS) is 29.8. The SMILES string of the molecule is CC1CCCC=C1F. The fraction of sp³-hybridized carbons (Fsp3) is 0.714. The molecule has 8 heavy (non-hydrogen) atoms. The Morgan fingerprint density at radius 3 is 2.88 bits per heavy atom. The standard InChI is InChI=1S/C7H11F/c1-6-4-2-3-5-7(6)8/h5-6H,2-4H2,1H3. The van der Waals surface area contributed by atoms with Gasteiger partial charge in [-0.05, 0) is 19.3 Å². The van der Waals surface area contributed by atoms with Crippen LogP contribution in [0, 0.1) is 5.92 Å². The maximum Gasteiger partial charge on any atom is 0.0987 e. The molecule has 0 bridgehead atoms. The molecule has 1 heteroatoms. The van der Waals surface area contributed by atoms with Crippen molar-refractivity contribution in [3.63, 3.8) is 0 Å². The molecule has 0 saturated heterocycles. The predicted octanol–water partition coefficient (Wildman–Crippen LogP) is 2.66. The number of hydrogen-bond acceptors (Lipinski definition) is 0. The number of halogens is 1. The van der Waals surface area contributed by atoms with Crippen LogP contribution in [0.3, 0.4) is 0 Å². The van der Waals surface area contributed by atoms with Crippen LogP contribution in [-0.2, 0) is 0 Å². The van der Waals surface area contributed by atoms with Crippen molar-refractivity contribution in [3.05, 3.63) is 11.9 Å². The summed E-state index contributed by atoms with van der Waals surface area (Å²) in [6.07, 6.45) is 4.83. The van der Waals surface area contributed by atoms with E-state index < -0.39 is 0 Å². The van der Waals surface area contributed by atoms with Crippen LogP contribution < -0.4 is 0 Å². The summed E-state index contributed by atoms with van der Waals surface area (Å²) in [5, 5.41) is 0. The second kappa shape index (κ2) is 2.29. The quantitative estimate of drug-likeness (QED) is 0.454. The van der Waals surface area contributed by atoms with E-state index in [9.17, 15) is 4.39 Å². The number of rotatable bonds is 0. The lowest BCUT2D eigenvalue weighted by atomic mass is 9.97. The molecule has 0 amide bonds. The van der Waals surface area contributed by atoms with Crippen molar-refractivity contribution in [3.8, 4) is 0 Å². The Balaban J connectivity index is 2.53. The van der Waals surface area contributed by atoms with E-state index in [1.54, 1.807) is 6.08 Å². The summed E-state index contributed by atoms with van der Waals surface area (Å²) in [4.78, 5) is 0. The van der Waals surface area contributed by atoms with E-state index in [-0.39, 0.29) is 11.7 Å². The molecule has 0 radical (unpaired) electrons. The van der Waals surface area contributed by atoms with Gasteiger partial charge in [-0.3, -0.25) is 0 Å². The Kier molecular flexibility index (Phi) is 1.66. The molecule has 0 fully saturated rings. The van der Waals surface area contributed by atoms with Gasteiger partial charge in [-0.25, -0.2) is 4.39 Å². The lowest BCUT2D eigenvalue weighted by Crippen LogP contribution is -1.99. The van der Waals surface area contributed by atoms with Gasteiger partial charge in [0.15, 0.2) is 0 Å². The van der Waals surface area contributed by atoms with E-state index >= 15 is 0 Å². The van der Waals surface area contributed by atoms with Gasteiger partial charge in [0.25, 0.3) is 0 Å². The summed E-state index contributed by atoms with van der Waals surface area (Å²) in [6, 6.07) is 0. The second-order valence-corrected chi connectivity index (χ2v) is 2.42. The molecular weight excluding hydrogens is 103 g/mol. The summed E-state index contributed by atoms with van der Waals surface area (Å²) >= 11 is 0. The average molecular weight is 114 g/mol. The van der Waals surface area contributed by atoms with Gasteiger partial charge in [-0.2, -0.15) is 0 Å². The highest BCUT2D eigenvalue weighted by Gasteiger charge is 2.10. The zero-order valence-electron chi connectivity index (χ0n) is 5.15. The second-order valence-electron chi connectivity index (χ2n) is 2.42. The van der Waals surface area contributed by atoms with Crippen molar-refractivity contribution in [1.29, 1.82) is 0 Å². The molecule has 0 aromatic heterocycles. The van der Waals surface area contributed by atoms with Crippen LogP contribution in [0.5, 0.6) is 0 Å². The first-order valence-electron chi connectivity index (χ1n) is 3.16. The van der Waals surface area contributed by atoms with Crippen LogP contribution in [0.4, 0.5) is 4.39 Å². The van der Waals surface area contributed by atoms with Crippen LogP contribution in [-0.4, -0.2) is 0 Å².